The molecule has 0 saturated carbocycles. The number of likely N-dealkylation sites (tertiary alicyclic amines) is 1. The van der Waals surface area contributed by atoms with Gasteiger partial charge in [-0.2, -0.15) is 0 Å². The van der Waals surface area contributed by atoms with Gasteiger partial charge in [0.2, 0.25) is 0 Å². The lowest BCUT2D eigenvalue weighted by Crippen LogP contribution is -2.27. The Labute approximate surface area is 153 Å². The number of carbonyl (C=O) groups is 2. The molecule has 1 aliphatic heterocycles. The molecule has 0 aromatic heterocycles. The molecular formula is C21H22N2O3. The Bertz CT molecular complexity index is 776. The minimum atomic E-state index is -0.209. The van der Waals surface area contributed by atoms with Crippen molar-refractivity contribution >= 4 is 17.5 Å². The second-order valence-corrected chi connectivity index (χ2v) is 6.15. The summed E-state index contributed by atoms with van der Waals surface area (Å²) in [4.78, 5) is 26.5. The van der Waals surface area contributed by atoms with Crippen molar-refractivity contribution in [3.8, 4) is 5.75 Å². The maximum absolute atomic E-state index is 12.3. The van der Waals surface area contributed by atoms with Crippen LogP contribution in [0, 0.1) is 0 Å². The fourth-order valence-corrected chi connectivity index (χ4v) is 2.86. The van der Waals surface area contributed by atoms with Crippen LogP contribution in [0.4, 0.5) is 5.69 Å². The Morgan fingerprint density at radius 1 is 1.00 bits per heavy atom. The largest absolute Gasteiger partial charge is 0.490 e. The molecule has 0 radical (unpaired) electrons. The van der Waals surface area contributed by atoms with Crippen molar-refractivity contribution < 1.29 is 14.3 Å². The van der Waals surface area contributed by atoms with Crippen LogP contribution in [0.1, 0.15) is 33.6 Å². The summed E-state index contributed by atoms with van der Waals surface area (Å²) in [5.74, 6) is 0.528. The van der Waals surface area contributed by atoms with Crippen molar-refractivity contribution in [3.63, 3.8) is 0 Å². The predicted molar refractivity (Wildman–Crippen MR) is 102 cm³/mol. The summed E-state index contributed by atoms with van der Waals surface area (Å²) in [7, 11) is 0. The fourth-order valence-electron chi connectivity index (χ4n) is 2.86. The number of carbonyl (C=O) groups excluding carboxylic acids is 2. The zero-order valence-electron chi connectivity index (χ0n) is 14.6. The number of amides is 2. The topological polar surface area (TPSA) is 58.6 Å². The van der Waals surface area contributed by atoms with Gasteiger partial charge in [-0.15, -0.1) is 0 Å². The SMILES string of the molecule is C=CCOc1ccc(C(=O)Nc2ccc(C(=O)N3CCCC3)cc2)cc1. The number of ether oxygens (including phenoxy) is 1. The van der Waals surface area contributed by atoms with E-state index in [0.717, 1.165) is 25.9 Å². The number of hydrogen-bond donors (Lipinski definition) is 1. The van der Waals surface area contributed by atoms with E-state index in [1.807, 2.05) is 4.90 Å². The third-order valence-corrected chi connectivity index (χ3v) is 4.27. The molecule has 0 atom stereocenters. The average molecular weight is 350 g/mol. The van der Waals surface area contributed by atoms with Crippen molar-refractivity contribution in [2.45, 2.75) is 12.8 Å². The van der Waals surface area contributed by atoms with Crippen molar-refractivity contribution in [1.29, 1.82) is 0 Å². The zero-order chi connectivity index (χ0) is 18.4. The predicted octanol–water partition coefficient (Wildman–Crippen LogP) is 3.74. The number of benzene rings is 2. The van der Waals surface area contributed by atoms with Crippen molar-refractivity contribution in [2.75, 3.05) is 25.0 Å². The van der Waals surface area contributed by atoms with E-state index in [1.54, 1.807) is 54.6 Å². The molecule has 0 aliphatic carbocycles. The molecule has 2 aromatic carbocycles. The Hall–Kier alpha value is -3.08. The highest BCUT2D eigenvalue weighted by molar-refractivity contribution is 6.04. The zero-order valence-corrected chi connectivity index (χ0v) is 14.6. The standard InChI is InChI=1S/C21H22N2O3/c1-2-15-26-19-11-7-16(8-12-19)20(24)22-18-9-5-17(6-10-18)21(25)23-13-3-4-14-23/h2,5-12H,1,3-4,13-15H2,(H,22,24). The van der Waals surface area contributed by atoms with Gasteiger partial charge in [0.05, 0.1) is 0 Å². The molecule has 26 heavy (non-hydrogen) atoms. The highest BCUT2D eigenvalue weighted by Gasteiger charge is 2.19. The van der Waals surface area contributed by atoms with Gasteiger partial charge in [0, 0.05) is 29.9 Å². The summed E-state index contributed by atoms with van der Waals surface area (Å²) in [6, 6.07) is 13.9. The molecule has 134 valence electrons. The van der Waals surface area contributed by atoms with E-state index in [0.29, 0.717) is 29.2 Å². The number of nitrogens with zero attached hydrogens (tertiary/aromatic N) is 1. The van der Waals surface area contributed by atoms with Crippen LogP contribution < -0.4 is 10.1 Å². The van der Waals surface area contributed by atoms with Crippen LogP contribution >= 0.6 is 0 Å². The highest BCUT2D eigenvalue weighted by atomic mass is 16.5. The van der Waals surface area contributed by atoms with E-state index < -0.39 is 0 Å². The highest BCUT2D eigenvalue weighted by Crippen LogP contribution is 2.17. The third-order valence-electron chi connectivity index (χ3n) is 4.27. The van der Waals surface area contributed by atoms with Crippen LogP contribution in [0.2, 0.25) is 0 Å². The summed E-state index contributed by atoms with van der Waals surface area (Å²) in [6.07, 6.45) is 3.80. The van der Waals surface area contributed by atoms with Gasteiger partial charge in [-0.25, -0.2) is 0 Å². The maximum Gasteiger partial charge on any atom is 0.255 e. The molecule has 5 heteroatoms. The number of nitrogens with one attached hydrogen (secondary N) is 1. The molecule has 0 bridgehead atoms. The first-order chi connectivity index (χ1) is 12.7. The van der Waals surface area contributed by atoms with Gasteiger partial charge in [-0.1, -0.05) is 12.7 Å². The molecule has 5 nitrogen and oxygen atoms in total. The monoisotopic (exact) mass is 350 g/mol. The van der Waals surface area contributed by atoms with E-state index in [4.69, 9.17) is 4.74 Å². The van der Waals surface area contributed by atoms with Crippen LogP contribution in [-0.2, 0) is 0 Å². The van der Waals surface area contributed by atoms with Gasteiger partial charge in [0.1, 0.15) is 12.4 Å². The second-order valence-electron chi connectivity index (χ2n) is 6.15. The van der Waals surface area contributed by atoms with Crippen molar-refractivity contribution in [3.05, 3.63) is 72.3 Å². The molecule has 1 fully saturated rings. The van der Waals surface area contributed by atoms with Gasteiger partial charge < -0.3 is 15.0 Å². The Morgan fingerprint density at radius 3 is 2.23 bits per heavy atom. The quantitative estimate of drug-likeness (QED) is 0.808. The van der Waals surface area contributed by atoms with Crippen LogP contribution in [0.15, 0.2) is 61.2 Å². The first-order valence-corrected chi connectivity index (χ1v) is 8.72. The first-order valence-electron chi connectivity index (χ1n) is 8.72. The lowest BCUT2D eigenvalue weighted by Gasteiger charge is -2.15. The van der Waals surface area contributed by atoms with E-state index >= 15 is 0 Å². The van der Waals surface area contributed by atoms with Crippen LogP contribution in [0.5, 0.6) is 5.75 Å². The normalized spacial score (nSPS) is 13.3. The summed E-state index contributed by atoms with van der Waals surface area (Å²) >= 11 is 0. The molecule has 0 unspecified atom stereocenters. The minimum absolute atomic E-state index is 0.0514. The molecule has 1 N–H and O–H groups in total. The van der Waals surface area contributed by atoms with E-state index in [1.165, 1.54) is 0 Å². The Balaban J connectivity index is 1.60. The van der Waals surface area contributed by atoms with E-state index in [9.17, 15) is 9.59 Å². The van der Waals surface area contributed by atoms with Gasteiger partial charge in [-0.05, 0) is 61.4 Å². The smallest absolute Gasteiger partial charge is 0.255 e. The van der Waals surface area contributed by atoms with Crippen LogP contribution in [-0.4, -0.2) is 36.4 Å². The molecule has 1 saturated heterocycles. The second kappa shape index (κ2) is 8.34. The molecule has 3 rings (SSSR count). The van der Waals surface area contributed by atoms with Gasteiger partial charge in [0.15, 0.2) is 0 Å². The molecule has 2 aromatic rings. The average Bonchev–Trinajstić information content (AvgIpc) is 3.21. The van der Waals surface area contributed by atoms with E-state index in [-0.39, 0.29) is 11.8 Å². The number of anilines is 1. The molecule has 1 aliphatic rings. The Kier molecular flexibility index (Phi) is 5.69. The third kappa shape index (κ3) is 4.30. The summed E-state index contributed by atoms with van der Waals surface area (Å²) in [6.45, 7) is 5.67. The van der Waals surface area contributed by atoms with Gasteiger partial charge in [0.25, 0.3) is 11.8 Å². The maximum atomic E-state index is 12.3. The lowest BCUT2D eigenvalue weighted by atomic mass is 10.1. The summed E-state index contributed by atoms with van der Waals surface area (Å²) in [5, 5.41) is 2.84. The van der Waals surface area contributed by atoms with Crippen LogP contribution in [0.25, 0.3) is 0 Å². The number of rotatable bonds is 6. The fraction of sp³-hybridized carbons (Fsp3) is 0.238. The minimum Gasteiger partial charge on any atom is -0.490 e. The lowest BCUT2D eigenvalue weighted by molar-refractivity contribution is 0.0792. The molecule has 0 spiro atoms. The van der Waals surface area contributed by atoms with Crippen molar-refractivity contribution in [2.24, 2.45) is 0 Å². The van der Waals surface area contributed by atoms with Gasteiger partial charge >= 0.3 is 0 Å². The van der Waals surface area contributed by atoms with Crippen molar-refractivity contribution in [1.82, 2.24) is 4.90 Å². The van der Waals surface area contributed by atoms with Gasteiger partial charge in [-0.3, -0.25) is 9.59 Å². The molecule has 2 amide bonds. The summed E-state index contributed by atoms with van der Waals surface area (Å²) in [5.41, 5.74) is 1.83. The summed E-state index contributed by atoms with van der Waals surface area (Å²) < 4.78 is 5.40. The molecule has 1 heterocycles. The van der Waals surface area contributed by atoms with Crippen LogP contribution in [0.3, 0.4) is 0 Å². The molecular weight excluding hydrogens is 328 g/mol. The number of hydrogen-bond acceptors (Lipinski definition) is 3. The first kappa shape index (κ1) is 17.7. The Morgan fingerprint density at radius 2 is 1.62 bits per heavy atom. The van der Waals surface area contributed by atoms with E-state index in [2.05, 4.69) is 11.9 Å².